The van der Waals surface area contributed by atoms with Crippen molar-refractivity contribution in [2.45, 2.75) is 20.4 Å². The third-order valence-electron chi connectivity index (χ3n) is 3.12. The normalized spacial score (nSPS) is 12.5. The number of para-hydroxylation sites is 1. The highest BCUT2D eigenvalue weighted by atomic mass is 16.5. The lowest BCUT2D eigenvalue weighted by atomic mass is 10.2. The van der Waals surface area contributed by atoms with Crippen molar-refractivity contribution in [2.24, 2.45) is 10.9 Å². The summed E-state index contributed by atoms with van der Waals surface area (Å²) in [6.07, 6.45) is 0. The van der Waals surface area contributed by atoms with Gasteiger partial charge in [0.2, 0.25) is 0 Å². The zero-order valence-electron chi connectivity index (χ0n) is 13.7. The summed E-state index contributed by atoms with van der Waals surface area (Å²) in [5, 5.41) is 6.31. The Labute approximate surface area is 131 Å². The van der Waals surface area contributed by atoms with E-state index in [1.807, 2.05) is 31.2 Å². The first-order valence-electron chi connectivity index (χ1n) is 7.35. The molecule has 0 aliphatic carbocycles. The minimum atomic E-state index is -0.246. The van der Waals surface area contributed by atoms with E-state index in [4.69, 9.17) is 9.47 Å². The average Bonchev–Trinajstić information content (AvgIpc) is 2.55. The van der Waals surface area contributed by atoms with Crippen LogP contribution in [0.15, 0.2) is 29.3 Å². The van der Waals surface area contributed by atoms with Gasteiger partial charge in [-0.25, -0.2) is 0 Å². The number of rotatable bonds is 7. The van der Waals surface area contributed by atoms with E-state index in [1.165, 1.54) is 7.11 Å². The maximum Gasteiger partial charge on any atom is 0.310 e. The molecule has 0 saturated carbocycles. The maximum absolute atomic E-state index is 11.4. The number of nitrogens with zero attached hydrogens (tertiary/aromatic N) is 1. The van der Waals surface area contributed by atoms with Gasteiger partial charge < -0.3 is 20.1 Å². The number of methoxy groups -OCH3 is 1. The molecule has 0 aliphatic heterocycles. The van der Waals surface area contributed by atoms with E-state index in [0.29, 0.717) is 25.7 Å². The summed E-state index contributed by atoms with van der Waals surface area (Å²) in [7, 11) is 3.07. The molecule has 0 fully saturated rings. The lowest BCUT2D eigenvalue weighted by molar-refractivity contribution is -0.144. The van der Waals surface area contributed by atoms with Crippen LogP contribution in [0.4, 0.5) is 0 Å². The fraction of sp³-hybridized carbons (Fsp3) is 0.500. The van der Waals surface area contributed by atoms with Gasteiger partial charge >= 0.3 is 5.97 Å². The number of ether oxygens (including phenoxy) is 2. The standard InChI is InChI=1S/C16H25N3O3/c1-5-22-14-9-7-6-8-13(14)11-19-16(17-3)18-10-12(2)15(20)21-4/h6-9,12H,5,10-11H2,1-4H3,(H2,17,18,19). The molecule has 6 heteroatoms. The van der Waals surface area contributed by atoms with Gasteiger partial charge in [0, 0.05) is 25.7 Å². The molecule has 2 N–H and O–H groups in total. The van der Waals surface area contributed by atoms with E-state index in [2.05, 4.69) is 15.6 Å². The van der Waals surface area contributed by atoms with Crippen LogP contribution in [0, 0.1) is 5.92 Å². The van der Waals surface area contributed by atoms with Crippen LogP contribution in [-0.2, 0) is 16.1 Å². The fourth-order valence-corrected chi connectivity index (χ4v) is 1.88. The molecule has 0 bridgehead atoms. The number of benzene rings is 1. The number of hydrogen-bond donors (Lipinski definition) is 2. The molecule has 1 unspecified atom stereocenters. The number of hydrogen-bond acceptors (Lipinski definition) is 4. The largest absolute Gasteiger partial charge is 0.494 e. The maximum atomic E-state index is 11.4. The Kier molecular flexibility index (Phi) is 7.81. The van der Waals surface area contributed by atoms with E-state index in [9.17, 15) is 4.79 Å². The zero-order chi connectivity index (χ0) is 16.4. The van der Waals surface area contributed by atoms with Gasteiger partial charge in [0.1, 0.15) is 5.75 Å². The SMILES string of the molecule is CCOc1ccccc1CNC(=NC)NCC(C)C(=O)OC. The Morgan fingerprint density at radius 2 is 2.05 bits per heavy atom. The van der Waals surface area contributed by atoms with Crippen LogP contribution < -0.4 is 15.4 Å². The van der Waals surface area contributed by atoms with Gasteiger partial charge in [-0.15, -0.1) is 0 Å². The third-order valence-corrected chi connectivity index (χ3v) is 3.12. The molecule has 0 aliphatic rings. The Morgan fingerprint density at radius 3 is 2.68 bits per heavy atom. The highest BCUT2D eigenvalue weighted by molar-refractivity contribution is 5.80. The summed E-state index contributed by atoms with van der Waals surface area (Å²) in [4.78, 5) is 15.5. The first-order valence-corrected chi connectivity index (χ1v) is 7.35. The molecule has 1 atom stereocenters. The topological polar surface area (TPSA) is 72.0 Å². The number of guanidine groups is 1. The molecule has 1 aromatic carbocycles. The second-order valence-electron chi connectivity index (χ2n) is 4.77. The molecule has 0 spiro atoms. The monoisotopic (exact) mass is 307 g/mol. The van der Waals surface area contributed by atoms with Crippen LogP contribution in [0.5, 0.6) is 5.75 Å². The second-order valence-corrected chi connectivity index (χ2v) is 4.77. The third kappa shape index (κ3) is 5.63. The predicted octanol–water partition coefficient (Wildman–Crippen LogP) is 1.56. The molecular formula is C16H25N3O3. The molecule has 0 heterocycles. The molecule has 0 amide bonds. The summed E-state index contributed by atoms with van der Waals surface area (Å²) in [5.74, 6) is 1.00. The van der Waals surface area contributed by atoms with Gasteiger partial charge in [-0.3, -0.25) is 9.79 Å². The second kappa shape index (κ2) is 9.65. The van der Waals surface area contributed by atoms with Crippen LogP contribution in [0.3, 0.4) is 0 Å². The molecule has 22 heavy (non-hydrogen) atoms. The summed E-state index contributed by atoms with van der Waals surface area (Å²) >= 11 is 0. The van der Waals surface area contributed by atoms with Gasteiger partial charge in [0.25, 0.3) is 0 Å². The van der Waals surface area contributed by atoms with Crippen molar-refractivity contribution in [3.63, 3.8) is 0 Å². The minimum Gasteiger partial charge on any atom is -0.494 e. The van der Waals surface area contributed by atoms with E-state index >= 15 is 0 Å². The van der Waals surface area contributed by atoms with Crippen molar-refractivity contribution in [3.8, 4) is 5.75 Å². The minimum absolute atomic E-state index is 0.237. The number of aliphatic imine (C=N–C) groups is 1. The first-order chi connectivity index (χ1) is 10.6. The molecule has 0 radical (unpaired) electrons. The number of carbonyl (C=O) groups excluding carboxylic acids is 1. The van der Waals surface area contributed by atoms with Crippen LogP contribution in [0.2, 0.25) is 0 Å². The van der Waals surface area contributed by atoms with E-state index in [0.717, 1.165) is 11.3 Å². The van der Waals surface area contributed by atoms with Gasteiger partial charge in [-0.1, -0.05) is 25.1 Å². The number of esters is 1. The lowest BCUT2D eigenvalue weighted by Gasteiger charge is -2.16. The summed E-state index contributed by atoms with van der Waals surface area (Å²) in [5.41, 5.74) is 1.05. The van der Waals surface area contributed by atoms with Crippen molar-refractivity contribution in [1.29, 1.82) is 0 Å². The van der Waals surface area contributed by atoms with Crippen molar-refractivity contribution >= 4 is 11.9 Å². The number of nitrogens with one attached hydrogen (secondary N) is 2. The number of carbonyl (C=O) groups is 1. The van der Waals surface area contributed by atoms with Gasteiger partial charge in [-0.2, -0.15) is 0 Å². The Balaban J connectivity index is 2.53. The Morgan fingerprint density at radius 1 is 1.32 bits per heavy atom. The van der Waals surface area contributed by atoms with Crippen LogP contribution in [-0.4, -0.2) is 39.2 Å². The van der Waals surface area contributed by atoms with E-state index in [1.54, 1.807) is 14.0 Å². The Hall–Kier alpha value is -2.24. The van der Waals surface area contributed by atoms with Crippen molar-refractivity contribution in [2.75, 3.05) is 27.3 Å². The van der Waals surface area contributed by atoms with E-state index < -0.39 is 0 Å². The summed E-state index contributed by atoms with van der Waals surface area (Å²) in [6.45, 7) is 5.43. The summed E-state index contributed by atoms with van der Waals surface area (Å²) < 4.78 is 10.3. The van der Waals surface area contributed by atoms with Crippen molar-refractivity contribution < 1.29 is 14.3 Å². The van der Waals surface area contributed by atoms with Crippen LogP contribution in [0.25, 0.3) is 0 Å². The van der Waals surface area contributed by atoms with Crippen molar-refractivity contribution in [1.82, 2.24) is 10.6 Å². The highest BCUT2D eigenvalue weighted by Crippen LogP contribution is 2.17. The summed E-state index contributed by atoms with van der Waals surface area (Å²) in [6, 6.07) is 7.85. The molecule has 0 aromatic heterocycles. The lowest BCUT2D eigenvalue weighted by Crippen LogP contribution is -2.40. The van der Waals surface area contributed by atoms with E-state index in [-0.39, 0.29) is 11.9 Å². The van der Waals surface area contributed by atoms with Gasteiger partial charge in [0.05, 0.1) is 19.6 Å². The quantitative estimate of drug-likeness (QED) is 0.454. The van der Waals surface area contributed by atoms with Crippen molar-refractivity contribution in [3.05, 3.63) is 29.8 Å². The molecule has 122 valence electrons. The zero-order valence-corrected chi connectivity index (χ0v) is 13.7. The van der Waals surface area contributed by atoms with Crippen LogP contribution in [0.1, 0.15) is 19.4 Å². The molecule has 1 aromatic rings. The van der Waals surface area contributed by atoms with Gasteiger partial charge in [-0.05, 0) is 13.0 Å². The smallest absolute Gasteiger partial charge is 0.310 e. The molecule has 1 rings (SSSR count). The Bertz CT molecular complexity index is 503. The first kappa shape index (κ1) is 17.8. The fourth-order valence-electron chi connectivity index (χ4n) is 1.88. The average molecular weight is 307 g/mol. The predicted molar refractivity (Wildman–Crippen MR) is 87.0 cm³/mol. The molecular weight excluding hydrogens is 282 g/mol. The van der Waals surface area contributed by atoms with Gasteiger partial charge in [0.15, 0.2) is 5.96 Å². The van der Waals surface area contributed by atoms with Crippen LogP contribution >= 0.6 is 0 Å². The highest BCUT2D eigenvalue weighted by Gasteiger charge is 2.13. The molecule has 6 nitrogen and oxygen atoms in total. The molecule has 0 saturated heterocycles.